The number of thioether (sulfide) groups is 1. The van der Waals surface area contributed by atoms with Crippen LogP contribution in [-0.4, -0.2) is 17.5 Å². The standard InChI is InChI=1S/C17H28N2OS.BrH/c1-16(2,3)12-17(4,5)13-6-8-14(9-7-13)20-10-11-21-15(18)19;/h6-9H,10-12H2,1-5H3,(H3,18,19);1H. The molecule has 0 saturated carbocycles. The second-order valence-corrected chi connectivity index (χ2v) is 8.34. The Bertz CT molecular complexity index is 467. The van der Waals surface area contributed by atoms with E-state index in [0.717, 1.165) is 12.2 Å². The molecule has 0 aliphatic heterocycles. The van der Waals surface area contributed by atoms with E-state index < -0.39 is 0 Å². The van der Waals surface area contributed by atoms with Gasteiger partial charge < -0.3 is 10.5 Å². The quantitative estimate of drug-likeness (QED) is 0.410. The van der Waals surface area contributed by atoms with Crippen LogP contribution < -0.4 is 10.5 Å². The van der Waals surface area contributed by atoms with Crippen LogP contribution in [0.25, 0.3) is 0 Å². The van der Waals surface area contributed by atoms with Crippen LogP contribution in [0.4, 0.5) is 0 Å². The SMILES string of the molecule is Br.CC(C)(C)CC(C)(C)c1ccc(OCCSC(=N)N)cc1. The molecule has 1 rings (SSSR count). The van der Waals surface area contributed by atoms with Crippen molar-refractivity contribution in [1.29, 1.82) is 5.41 Å². The zero-order valence-electron chi connectivity index (χ0n) is 14.2. The van der Waals surface area contributed by atoms with Crippen LogP contribution in [0.3, 0.4) is 0 Å². The molecule has 5 heteroatoms. The fraction of sp³-hybridized carbons (Fsp3) is 0.588. The summed E-state index contributed by atoms with van der Waals surface area (Å²) in [7, 11) is 0. The summed E-state index contributed by atoms with van der Waals surface area (Å²) in [5, 5.41) is 7.27. The first-order valence-corrected chi connectivity index (χ1v) is 8.29. The zero-order chi connectivity index (χ0) is 16.1. The van der Waals surface area contributed by atoms with E-state index in [9.17, 15) is 0 Å². The lowest BCUT2D eigenvalue weighted by Gasteiger charge is -2.33. The lowest BCUT2D eigenvalue weighted by Crippen LogP contribution is -2.24. The van der Waals surface area contributed by atoms with E-state index in [4.69, 9.17) is 15.9 Å². The molecule has 0 saturated heterocycles. The van der Waals surface area contributed by atoms with Crippen molar-refractivity contribution in [1.82, 2.24) is 0 Å². The molecule has 0 atom stereocenters. The van der Waals surface area contributed by atoms with E-state index in [1.54, 1.807) is 0 Å². The highest BCUT2D eigenvalue weighted by molar-refractivity contribution is 8.93. The third kappa shape index (κ3) is 8.08. The lowest BCUT2D eigenvalue weighted by atomic mass is 9.72. The maximum Gasteiger partial charge on any atom is 0.151 e. The number of ether oxygens (including phenoxy) is 1. The van der Waals surface area contributed by atoms with Gasteiger partial charge in [0, 0.05) is 5.75 Å². The van der Waals surface area contributed by atoms with Crippen LogP contribution in [0.1, 0.15) is 46.6 Å². The monoisotopic (exact) mass is 388 g/mol. The van der Waals surface area contributed by atoms with E-state index in [0.29, 0.717) is 17.8 Å². The highest BCUT2D eigenvalue weighted by Gasteiger charge is 2.27. The van der Waals surface area contributed by atoms with Gasteiger partial charge in [0.15, 0.2) is 5.17 Å². The molecular weight excluding hydrogens is 360 g/mol. The van der Waals surface area contributed by atoms with Gasteiger partial charge in [-0.2, -0.15) is 0 Å². The Labute approximate surface area is 149 Å². The molecule has 1 aromatic rings. The van der Waals surface area contributed by atoms with Gasteiger partial charge >= 0.3 is 0 Å². The van der Waals surface area contributed by atoms with Gasteiger partial charge in [-0.3, -0.25) is 5.41 Å². The summed E-state index contributed by atoms with van der Waals surface area (Å²) < 4.78 is 5.65. The van der Waals surface area contributed by atoms with Gasteiger partial charge in [0.05, 0.1) is 6.61 Å². The first kappa shape index (κ1) is 21.3. The van der Waals surface area contributed by atoms with E-state index in [2.05, 4.69) is 46.8 Å². The van der Waals surface area contributed by atoms with Crippen LogP contribution in [0.15, 0.2) is 24.3 Å². The highest BCUT2D eigenvalue weighted by atomic mass is 79.9. The van der Waals surface area contributed by atoms with Crippen molar-refractivity contribution < 1.29 is 4.74 Å². The van der Waals surface area contributed by atoms with Crippen LogP contribution in [-0.2, 0) is 5.41 Å². The van der Waals surface area contributed by atoms with E-state index in [1.807, 2.05) is 12.1 Å². The zero-order valence-corrected chi connectivity index (χ0v) is 16.8. The molecular formula is C17H29BrN2OS. The number of nitrogens with one attached hydrogen (secondary N) is 1. The van der Waals surface area contributed by atoms with Gasteiger partial charge in [0.25, 0.3) is 0 Å². The second kappa shape index (κ2) is 8.82. The summed E-state index contributed by atoms with van der Waals surface area (Å²) in [4.78, 5) is 0. The summed E-state index contributed by atoms with van der Waals surface area (Å²) in [5.74, 6) is 1.57. The fourth-order valence-electron chi connectivity index (χ4n) is 2.74. The minimum atomic E-state index is 0. The van der Waals surface area contributed by atoms with Crippen LogP contribution in [0.2, 0.25) is 0 Å². The third-order valence-electron chi connectivity index (χ3n) is 3.22. The maximum absolute atomic E-state index is 7.13. The van der Waals surface area contributed by atoms with Crippen molar-refractivity contribution in [3.8, 4) is 5.75 Å². The van der Waals surface area contributed by atoms with Gasteiger partial charge in [0.2, 0.25) is 0 Å². The summed E-state index contributed by atoms with van der Waals surface area (Å²) >= 11 is 1.30. The molecule has 0 spiro atoms. The molecule has 22 heavy (non-hydrogen) atoms. The fourth-order valence-corrected chi connectivity index (χ4v) is 3.13. The Kier molecular flexibility index (Phi) is 8.55. The third-order valence-corrected chi connectivity index (χ3v) is 3.90. The largest absolute Gasteiger partial charge is 0.493 e. The summed E-state index contributed by atoms with van der Waals surface area (Å²) in [6.45, 7) is 12.0. The number of hydrogen-bond donors (Lipinski definition) is 2. The smallest absolute Gasteiger partial charge is 0.151 e. The number of amidine groups is 1. The summed E-state index contributed by atoms with van der Waals surface area (Å²) in [6.07, 6.45) is 1.13. The molecule has 126 valence electrons. The molecule has 3 N–H and O–H groups in total. The second-order valence-electron chi connectivity index (χ2n) is 7.21. The van der Waals surface area contributed by atoms with Gasteiger partial charge in [-0.05, 0) is 34.9 Å². The number of nitrogens with two attached hydrogens (primary N) is 1. The molecule has 0 fully saturated rings. The number of rotatable bonds is 6. The van der Waals surface area contributed by atoms with Crippen LogP contribution in [0.5, 0.6) is 5.75 Å². The van der Waals surface area contributed by atoms with Crippen LogP contribution in [0, 0.1) is 10.8 Å². The first-order valence-electron chi connectivity index (χ1n) is 7.30. The van der Waals surface area contributed by atoms with Crippen molar-refractivity contribution in [2.75, 3.05) is 12.4 Å². The van der Waals surface area contributed by atoms with Crippen molar-refractivity contribution in [2.24, 2.45) is 11.1 Å². The Morgan fingerprint density at radius 1 is 1.14 bits per heavy atom. The molecule has 0 aromatic heterocycles. The van der Waals surface area contributed by atoms with Gasteiger partial charge in [0.1, 0.15) is 5.75 Å². The lowest BCUT2D eigenvalue weighted by molar-refractivity contribution is 0.283. The predicted molar refractivity (Wildman–Crippen MR) is 104 cm³/mol. The minimum Gasteiger partial charge on any atom is -0.493 e. The maximum atomic E-state index is 7.13. The number of benzene rings is 1. The Hall–Kier alpha value is -0.680. The Morgan fingerprint density at radius 2 is 1.68 bits per heavy atom. The van der Waals surface area contributed by atoms with E-state index in [1.165, 1.54) is 17.3 Å². The molecule has 0 bridgehead atoms. The van der Waals surface area contributed by atoms with Crippen molar-refractivity contribution in [3.63, 3.8) is 0 Å². The number of halogens is 1. The first-order chi connectivity index (χ1) is 9.60. The molecule has 0 heterocycles. The van der Waals surface area contributed by atoms with Gasteiger partial charge in [-0.1, -0.05) is 58.5 Å². The normalized spacial score (nSPS) is 11.7. The molecule has 3 nitrogen and oxygen atoms in total. The Morgan fingerprint density at radius 3 is 2.14 bits per heavy atom. The molecule has 0 radical (unpaired) electrons. The van der Waals surface area contributed by atoms with E-state index >= 15 is 0 Å². The highest BCUT2D eigenvalue weighted by Crippen LogP contribution is 2.36. The molecule has 0 unspecified atom stereocenters. The summed E-state index contributed by atoms with van der Waals surface area (Å²) in [6, 6.07) is 8.36. The molecule has 1 aromatic carbocycles. The van der Waals surface area contributed by atoms with Gasteiger partial charge in [-0.15, -0.1) is 17.0 Å². The van der Waals surface area contributed by atoms with E-state index in [-0.39, 0.29) is 27.6 Å². The predicted octanol–water partition coefficient (Wildman–Crippen LogP) is 4.98. The van der Waals surface area contributed by atoms with Crippen LogP contribution >= 0.6 is 28.7 Å². The minimum absolute atomic E-state index is 0. The average molecular weight is 389 g/mol. The molecule has 0 aliphatic rings. The molecule has 0 amide bonds. The Balaban J connectivity index is 0.00000441. The summed E-state index contributed by atoms with van der Waals surface area (Å²) in [5.41, 5.74) is 7.08. The van der Waals surface area contributed by atoms with Crippen molar-refractivity contribution >= 4 is 33.9 Å². The molecule has 0 aliphatic carbocycles. The topological polar surface area (TPSA) is 59.1 Å². The van der Waals surface area contributed by atoms with Crippen molar-refractivity contribution in [3.05, 3.63) is 29.8 Å². The van der Waals surface area contributed by atoms with Crippen molar-refractivity contribution in [2.45, 2.75) is 46.5 Å². The number of hydrogen-bond acceptors (Lipinski definition) is 3. The van der Waals surface area contributed by atoms with Gasteiger partial charge in [-0.25, -0.2) is 0 Å². The average Bonchev–Trinajstić information content (AvgIpc) is 2.32.